The molecule has 0 bridgehead atoms. The van der Waals surface area contributed by atoms with Crippen LogP contribution in [0.5, 0.6) is 0 Å². The van der Waals surface area contributed by atoms with Crippen molar-refractivity contribution in [2.24, 2.45) is 16.6 Å². The molecule has 9 nitrogen and oxygen atoms in total. The van der Waals surface area contributed by atoms with E-state index in [1.807, 2.05) is 27.0 Å². The molecule has 1 aliphatic rings. The molecule has 1 saturated heterocycles. The average molecular weight is 657 g/mol. The van der Waals surface area contributed by atoms with E-state index in [9.17, 15) is 18.0 Å². The van der Waals surface area contributed by atoms with Gasteiger partial charge in [0.15, 0.2) is 0 Å². The lowest BCUT2D eigenvalue weighted by Crippen LogP contribution is -2.46. The Morgan fingerprint density at radius 1 is 1.09 bits per heavy atom. The van der Waals surface area contributed by atoms with Gasteiger partial charge in [0.1, 0.15) is 17.2 Å². The average Bonchev–Trinajstić information content (AvgIpc) is 3.02. The number of aromatic nitrogens is 2. The number of hydrogen-bond acceptors (Lipinski definition) is 6. The van der Waals surface area contributed by atoms with E-state index in [1.54, 1.807) is 4.90 Å². The quantitative estimate of drug-likeness (QED) is 0.0712. The minimum atomic E-state index is -4.63. The van der Waals surface area contributed by atoms with Gasteiger partial charge in [-0.3, -0.25) is 0 Å². The molecule has 0 radical (unpaired) electrons. The van der Waals surface area contributed by atoms with Crippen molar-refractivity contribution in [3.8, 4) is 0 Å². The predicted octanol–water partition coefficient (Wildman–Crippen LogP) is 8.80. The first-order valence-corrected chi connectivity index (χ1v) is 17.5. The summed E-state index contributed by atoms with van der Waals surface area (Å²) in [5, 5.41) is 8.87. The van der Waals surface area contributed by atoms with Gasteiger partial charge in [0.05, 0.1) is 0 Å². The number of rotatable bonds is 18. The van der Waals surface area contributed by atoms with Gasteiger partial charge in [-0.25, -0.2) is 9.78 Å². The number of carbonyl (C=O) groups excluding carboxylic acids is 1. The molecule has 5 N–H and O–H groups in total. The Balaban J connectivity index is 0.00000176. The molecule has 1 aromatic heterocycles. The SMILES string of the molecule is CC.CCCC(C)CCC.CCCC(CCC)N/C=C(CC)\C(N)=N\c1ncc(C(F)(F)F)c(NCCCN2CCCNC2=O)n1. The minimum Gasteiger partial charge on any atom is -0.388 e. The van der Waals surface area contributed by atoms with Crippen molar-refractivity contribution in [3.63, 3.8) is 0 Å². The van der Waals surface area contributed by atoms with Crippen LogP contribution in [0.15, 0.2) is 23.0 Å². The van der Waals surface area contributed by atoms with Crippen LogP contribution in [0.2, 0.25) is 0 Å². The number of amides is 2. The molecular formula is C34H63F3N8O. The maximum atomic E-state index is 13.5. The molecule has 0 unspecified atom stereocenters. The lowest BCUT2D eigenvalue weighted by molar-refractivity contribution is -0.137. The van der Waals surface area contributed by atoms with Crippen molar-refractivity contribution < 1.29 is 18.0 Å². The lowest BCUT2D eigenvalue weighted by atomic mass is 10.0. The van der Waals surface area contributed by atoms with Crippen LogP contribution in [-0.2, 0) is 6.18 Å². The Morgan fingerprint density at radius 3 is 2.22 bits per heavy atom. The van der Waals surface area contributed by atoms with Gasteiger partial charge in [0.2, 0.25) is 0 Å². The smallest absolute Gasteiger partial charge is 0.388 e. The van der Waals surface area contributed by atoms with Crippen LogP contribution < -0.4 is 21.7 Å². The predicted molar refractivity (Wildman–Crippen MR) is 186 cm³/mol. The summed E-state index contributed by atoms with van der Waals surface area (Å²) in [6.07, 6.45) is 9.47. The summed E-state index contributed by atoms with van der Waals surface area (Å²) >= 11 is 0. The highest BCUT2D eigenvalue weighted by atomic mass is 19.4. The van der Waals surface area contributed by atoms with Crippen LogP contribution in [-0.4, -0.2) is 59.0 Å². The topological polar surface area (TPSA) is 121 Å². The van der Waals surface area contributed by atoms with Crippen LogP contribution in [0.1, 0.15) is 132 Å². The molecule has 266 valence electrons. The van der Waals surface area contributed by atoms with E-state index >= 15 is 0 Å². The second kappa shape index (κ2) is 25.1. The number of halogens is 3. The standard InChI is InChI=1S/C24H39F3N8O.C8H18.C2H6/c1-4-9-18(10-5-2)31-15-17(6-3)20(28)33-22-32-16-19(24(25,26)27)21(34-22)29-11-7-13-35-14-8-12-30-23(35)36;1-4-6-8(3)7-5-2;1-2/h15-16,18,31H,4-14H2,1-3H3,(H,30,36)(H3,28,29,32,33,34);8H,4-7H2,1-3H3;1-2H3/b17-15-;;. The van der Waals surface area contributed by atoms with Crippen molar-refractivity contribution in [2.45, 2.75) is 138 Å². The molecule has 1 fully saturated rings. The summed E-state index contributed by atoms with van der Waals surface area (Å²) < 4.78 is 40.6. The van der Waals surface area contributed by atoms with Gasteiger partial charge in [-0.1, -0.05) is 93.9 Å². The molecule has 0 saturated carbocycles. The largest absolute Gasteiger partial charge is 0.421 e. The summed E-state index contributed by atoms with van der Waals surface area (Å²) in [6, 6.07) is 0.167. The number of amidine groups is 1. The van der Waals surface area contributed by atoms with Crippen molar-refractivity contribution in [2.75, 3.05) is 31.5 Å². The zero-order valence-corrected chi connectivity index (χ0v) is 29.8. The number of carbonyl (C=O) groups is 1. The number of alkyl halides is 3. The summed E-state index contributed by atoms with van der Waals surface area (Å²) in [5.74, 6) is 0.596. The zero-order chi connectivity index (χ0) is 35.0. The molecule has 0 spiro atoms. The number of nitrogens with two attached hydrogens (primary N) is 1. The third-order valence-electron chi connectivity index (χ3n) is 7.41. The first-order valence-electron chi connectivity index (χ1n) is 17.5. The lowest BCUT2D eigenvalue weighted by Gasteiger charge is -2.27. The number of nitrogens with zero attached hydrogens (tertiary/aromatic N) is 4. The van der Waals surface area contributed by atoms with Crippen LogP contribution in [0.4, 0.5) is 29.7 Å². The summed E-state index contributed by atoms with van der Waals surface area (Å²) in [7, 11) is 0. The summed E-state index contributed by atoms with van der Waals surface area (Å²) in [5.41, 5.74) is 5.91. The highest BCUT2D eigenvalue weighted by Crippen LogP contribution is 2.34. The Morgan fingerprint density at radius 2 is 1.70 bits per heavy atom. The summed E-state index contributed by atoms with van der Waals surface area (Å²) in [4.78, 5) is 25.4. The number of aliphatic imine (C=N–C) groups is 1. The van der Waals surface area contributed by atoms with E-state index < -0.39 is 11.7 Å². The maximum absolute atomic E-state index is 13.5. The van der Waals surface area contributed by atoms with E-state index in [1.165, 1.54) is 25.7 Å². The number of hydrogen-bond donors (Lipinski definition) is 4. The fourth-order valence-electron chi connectivity index (χ4n) is 5.03. The van der Waals surface area contributed by atoms with Crippen LogP contribution in [0, 0.1) is 5.92 Å². The molecule has 2 heterocycles. The second-order valence-corrected chi connectivity index (χ2v) is 11.4. The molecular weight excluding hydrogens is 593 g/mol. The molecule has 46 heavy (non-hydrogen) atoms. The molecule has 1 aliphatic heterocycles. The fourth-order valence-corrected chi connectivity index (χ4v) is 5.03. The minimum absolute atomic E-state index is 0.151. The highest BCUT2D eigenvalue weighted by Gasteiger charge is 2.35. The van der Waals surface area contributed by atoms with Gasteiger partial charge in [-0.05, 0) is 38.0 Å². The Labute approximate surface area is 276 Å². The van der Waals surface area contributed by atoms with E-state index in [-0.39, 0.29) is 30.2 Å². The van der Waals surface area contributed by atoms with Crippen molar-refractivity contribution >= 4 is 23.6 Å². The molecule has 2 rings (SSSR count). The van der Waals surface area contributed by atoms with Crippen molar-refractivity contribution in [3.05, 3.63) is 23.5 Å². The van der Waals surface area contributed by atoms with Gasteiger partial charge >= 0.3 is 12.2 Å². The summed E-state index contributed by atoms with van der Waals surface area (Å²) in [6.45, 7) is 18.9. The van der Waals surface area contributed by atoms with Crippen LogP contribution in [0.3, 0.4) is 0 Å². The van der Waals surface area contributed by atoms with Crippen molar-refractivity contribution in [1.29, 1.82) is 0 Å². The van der Waals surface area contributed by atoms with E-state index in [4.69, 9.17) is 5.73 Å². The zero-order valence-electron chi connectivity index (χ0n) is 29.8. The Kier molecular flexibility index (Phi) is 23.4. The van der Waals surface area contributed by atoms with Crippen LogP contribution in [0.25, 0.3) is 0 Å². The first kappa shape index (κ1) is 43.0. The fraction of sp³-hybridized carbons (Fsp3) is 0.765. The Hall–Kier alpha value is -3.05. The molecule has 0 atom stereocenters. The van der Waals surface area contributed by atoms with E-state index in [0.717, 1.165) is 43.6 Å². The molecule has 1 aromatic rings. The second-order valence-electron chi connectivity index (χ2n) is 11.4. The number of nitrogens with one attached hydrogen (secondary N) is 3. The third kappa shape index (κ3) is 17.6. The third-order valence-corrected chi connectivity index (χ3v) is 7.41. The van der Waals surface area contributed by atoms with Crippen LogP contribution >= 0.6 is 0 Å². The van der Waals surface area contributed by atoms with Gasteiger partial charge < -0.3 is 26.6 Å². The van der Waals surface area contributed by atoms with Crippen molar-refractivity contribution in [1.82, 2.24) is 25.5 Å². The van der Waals surface area contributed by atoms with Gasteiger partial charge in [-0.2, -0.15) is 23.1 Å². The maximum Gasteiger partial charge on any atom is 0.421 e. The van der Waals surface area contributed by atoms with E-state index in [2.05, 4.69) is 65.5 Å². The Bertz CT molecular complexity index is 1000. The molecule has 12 heteroatoms. The molecule has 2 amide bonds. The number of urea groups is 1. The van der Waals surface area contributed by atoms with Gasteiger partial charge in [0.25, 0.3) is 5.95 Å². The highest BCUT2D eigenvalue weighted by molar-refractivity contribution is 5.98. The number of anilines is 1. The normalized spacial score (nSPS) is 13.9. The molecule has 0 aromatic carbocycles. The van der Waals surface area contributed by atoms with Gasteiger partial charge in [-0.15, -0.1) is 0 Å². The van der Waals surface area contributed by atoms with Gasteiger partial charge in [0, 0.05) is 50.2 Å². The first-order chi connectivity index (χ1) is 22.0. The monoisotopic (exact) mass is 657 g/mol. The van der Waals surface area contributed by atoms with E-state index in [0.29, 0.717) is 44.7 Å². The molecule has 0 aliphatic carbocycles.